The number of carbonyl (C=O) groups is 1. The summed E-state index contributed by atoms with van der Waals surface area (Å²) in [5.41, 5.74) is 1.36. The lowest BCUT2D eigenvalue weighted by Crippen LogP contribution is -2.26. The first kappa shape index (κ1) is 17.4. The van der Waals surface area contributed by atoms with Gasteiger partial charge in [-0.3, -0.25) is 4.79 Å². The highest BCUT2D eigenvalue weighted by molar-refractivity contribution is 6.42. The zero-order valence-corrected chi connectivity index (χ0v) is 14.6. The van der Waals surface area contributed by atoms with E-state index in [1.54, 1.807) is 49.4 Å². The standard InChI is InChI=1S/C17H17Cl2NO3/c1-20(10-11-4-7-14(18)15(19)8-11)17(21)13-6-5-12(22-2)9-16(13)23-3/h4-9H,10H2,1-3H3. The van der Waals surface area contributed by atoms with Gasteiger partial charge in [0.25, 0.3) is 5.91 Å². The number of ether oxygens (including phenoxy) is 2. The summed E-state index contributed by atoms with van der Waals surface area (Å²) in [7, 11) is 4.80. The fourth-order valence-electron chi connectivity index (χ4n) is 2.16. The van der Waals surface area contributed by atoms with Crippen molar-refractivity contribution in [2.24, 2.45) is 0 Å². The van der Waals surface area contributed by atoms with E-state index < -0.39 is 0 Å². The van der Waals surface area contributed by atoms with Crippen molar-refractivity contribution in [3.8, 4) is 11.5 Å². The van der Waals surface area contributed by atoms with Gasteiger partial charge in [0.05, 0.1) is 29.8 Å². The number of hydrogen-bond donors (Lipinski definition) is 0. The molecule has 0 radical (unpaired) electrons. The van der Waals surface area contributed by atoms with Gasteiger partial charge < -0.3 is 14.4 Å². The van der Waals surface area contributed by atoms with Gasteiger partial charge in [0.2, 0.25) is 0 Å². The van der Waals surface area contributed by atoms with Crippen molar-refractivity contribution < 1.29 is 14.3 Å². The van der Waals surface area contributed by atoms with E-state index in [2.05, 4.69) is 0 Å². The zero-order valence-electron chi connectivity index (χ0n) is 13.1. The maximum atomic E-state index is 12.6. The van der Waals surface area contributed by atoms with E-state index in [0.29, 0.717) is 33.7 Å². The molecule has 122 valence electrons. The molecule has 0 atom stereocenters. The summed E-state index contributed by atoms with van der Waals surface area (Å²) in [5.74, 6) is 0.941. The van der Waals surface area contributed by atoms with Crippen LogP contribution in [0.1, 0.15) is 15.9 Å². The van der Waals surface area contributed by atoms with Gasteiger partial charge >= 0.3 is 0 Å². The molecule has 0 saturated heterocycles. The van der Waals surface area contributed by atoms with Crippen LogP contribution >= 0.6 is 23.2 Å². The third-order valence-electron chi connectivity index (χ3n) is 3.39. The third-order valence-corrected chi connectivity index (χ3v) is 4.13. The largest absolute Gasteiger partial charge is 0.497 e. The summed E-state index contributed by atoms with van der Waals surface area (Å²) < 4.78 is 10.4. The monoisotopic (exact) mass is 353 g/mol. The predicted molar refractivity (Wildman–Crippen MR) is 91.8 cm³/mol. The molecule has 0 fully saturated rings. The number of hydrogen-bond acceptors (Lipinski definition) is 3. The van der Waals surface area contributed by atoms with Gasteiger partial charge in [0.1, 0.15) is 11.5 Å². The zero-order chi connectivity index (χ0) is 17.0. The van der Waals surface area contributed by atoms with E-state index >= 15 is 0 Å². The Labute approximate surface area is 145 Å². The molecular weight excluding hydrogens is 337 g/mol. The Kier molecular flexibility index (Phi) is 5.74. The Bertz CT molecular complexity index is 719. The van der Waals surface area contributed by atoms with Crippen LogP contribution in [0.3, 0.4) is 0 Å². The minimum absolute atomic E-state index is 0.157. The maximum Gasteiger partial charge on any atom is 0.257 e. The minimum Gasteiger partial charge on any atom is -0.497 e. The highest BCUT2D eigenvalue weighted by atomic mass is 35.5. The van der Waals surface area contributed by atoms with E-state index in [0.717, 1.165) is 5.56 Å². The van der Waals surface area contributed by atoms with Crippen molar-refractivity contribution >= 4 is 29.1 Å². The summed E-state index contributed by atoms with van der Waals surface area (Å²) in [6, 6.07) is 10.4. The summed E-state index contributed by atoms with van der Waals surface area (Å²) >= 11 is 11.9. The number of nitrogens with zero attached hydrogens (tertiary/aromatic N) is 1. The number of benzene rings is 2. The molecule has 0 bridgehead atoms. The normalized spacial score (nSPS) is 10.3. The van der Waals surface area contributed by atoms with Crippen LogP contribution in [0.25, 0.3) is 0 Å². The molecular formula is C17H17Cl2NO3. The smallest absolute Gasteiger partial charge is 0.257 e. The van der Waals surface area contributed by atoms with E-state index in [1.165, 1.54) is 7.11 Å². The Hall–Kier alpha value is -1.91. The molecule has 23 heavy (non-hydrogen) atoms. The fraction of sp³-hybridized carbons (Fsp3) is 0.235. The molecule has 0 aliphatic carbocycles. The second-order valence-corrected chi connectivity index (χ2v) is 5.79. The molecule has 1 amide bonds. The molecule has 0 aromatic heterocycles. The van der Waals surface area contributed by atoms with Gasteiger partial charge in [0, 0.05) is 19.7 Å². The highest BCUT2D eigenvalue weighted by Crippen LogP contribution is 2.27. The van der Waals surface area contributed by atoms with Gasteiger partial charge in [0.15, 0.2) is 0 Å². The Morgan fingerprint density at radius 2 is 1.78 bits per heavy atom. The van der Waals surface area contributed by atoms with Crippen LogP contribution in [-0.2, 0) is 6.54 Å². The van der Waals surface area contributed by atoms with Gasteiger partial charge in [-0.2, -0.15) is 0 Å². The summed E-state index contributed by atoms with van der Waals surface area (Å²) in [6.45, 7) is 0.408. The van der Waals surface area contributed by atoms with Gasteiger partial charge in [-0.25, -0.2) is 0 Å². The molecule has 0 unspecified atom stereocenters. The number of halogens is 2. The molecule has 0 heterocycles. The molecule has 4 nitrogen and oxygen atoms in total. The fourth-order valence-corrected chi connectivity index (χ4v) is 2.49. The quantitative estimate of drug-likeness (QED) is 0.804. The molecule has 2 aromatic carbocycles. The molecule has 2 aromatic rings. The molecule has 0 spiro atoms. The van der Waals surface area contributed by atoms with E-state index in [9.17, 15) is 4.79 Å². The summed E-state index contributed by atoms with van der Waals surface area (Å²) in [6.07, 6.45) is 0. The molecule has 6 heteroatoms. The lowest BCUT2D eigenvalue weighted by molar-refractivity contribution is 0.0781. The maximum absolute atomic E-state index is 12.6. The van der Waals surface area contributed by atoms with Crippen molar-refractivity contribution in [3.63, 3.8) is 0 Å². The second kappa shape index (κ2) is 7.57. The van der Waals surface area contributed by atoms with Gasteiger partial charge in [-0.15, -0.1) is 0 Å². The summed E-state index contributed by atoms with van der Waals surface area (Å²) in [5, 5.41) is 0.952. The molecule has 0 saturated carbocycles. The topological polar surface area (TPSA) is 38.8 Å². The van der Waals surface area contributed by atoms with Crippen LogP contribution in [0.15, 0.2) is 36.4 Å². The second-order valence-electron chi connectivity index (χ2n) is 4.98. The Balaban J connectivity index is 2.20. The van der Waals surface area contributed by atoms with Crippen molar-refractivity contribution in [3.05, 3.63) is 57.6 Å². The lowest BCUT2D eigenvalue weighted by atomic mass is 10.1. The lowest BCUT2D eigenvalue weighted by Gasteiger charge is -2.19. The molecule has 2 rings (SSSR count). The van der Waals surface area contributed by atoms with Gasteiger partial charge in [-0.05, 0) is 29.8 Å². The van der Waals surface area contributed by atoms with Crippen molar-refractivity contribution in [1.29, 1.82) is 0 Å². The van der Waals surface area contributed by atoms with Crippen LogP contribution < -0.4 is 9.47 Å². The molecule has 0 N–H and O–H groups in total. The molecule has 0 aliphatic heterocycles. The Morgan fingerprint density at radius 3 is 2.39 bits per heavy atom. The molecule has 0 aliphatic rings. The minimum atomic E-state index is -0.157. The Morgan fingerprint density at radius 1 is 1.04 bits per heavy atom. The van der Waals surface area contributed by atoms with E-state index in [1.807, 2.05) is 6.07 Å². The first-order valence-corrected chi connectivity index (χ1v) is 7.63. The van der Waals surface area contributed by atoms with Crippen LogP contribution in [0, 0.1) is 0 Å². The first-order chi connectivity index (χ1) is 11.0. The van der Waals surface area contributed by atoms with Crippen molar-refractivity contribution in [2.45, 2.75) is 6.54 Å². The predicted octanol–water partition coefficient (Wildman–Crippen LogP) is 4.28. The highest BCUT2D eigenvalue weighted by Gasteiger charge is 2.18. The third kappa shape index (κ3) is 4.09. The first-order valence-electron chi connectivity index (χ1n) is 6.87. The van der Waals surface area contributed by atoms with Crippen LogP contribution in [-0.4, -0.2) is 32.1 Å². The van der Waals surface area contributed by atoms with Crippen molar-refractivity contribution in [2.75, 3.05) is 21.3 Å². The number of methoxy groups -OCH3 is 2. The van der Waals surface area contributed by atoms with Crippen LogP contribution in [0.4, 0.5) is 0 Å². The SMILES string of the molecule is COc1ccc(C(=O)N(C)Cc2ccc(Cl)c(Cl)c2)c(OC)c1. The number of carbonyl (C=O) groups excluding carboxylic acids is 1. The van der Waals surface area contributed by atoms with Crippen LogP contribution in [0.5, 0.6) is 11.5 Å². The van der Waals surface area contributed by atoms with Crippen molar-refractivity contribution in [1.82, 2.24) is 4.90 Å². The number of amides is 1. The van der Waals surface area contributed by atoms with Crippen LogP contribution in [0.2, 0.25) is 10.0 Å². The van der Waals surface area contributed by atoms with E-state index in [4.69, 9.17) is 32.7 Å². The number of rotatable bonds is 5. The average Bonchev–Trinajstić information content (AvgIpc) is 2.56. The summed E-state index contributed by atoms with van der Waals surface area (Å²) in [4.78, 5) is 14.2. The van der Waals surface area contributed by atoms with Gasteiger partial charge in [-0.1, -0.05) is 29.3 Å². The van der Waals surface area contributed by atoms with E-state index in [-0.39, 0.29) is 5.91 Å². The average molecular weight is 354 g/mol.